The third kappa shape index (κ3) is 5.35. The van der Waals surface area contributed by atoms with Crippen molar-refractivity contribution in [2.24, 2.45) is 0 Å². The van der Waals surface area contributed by atoms with Crippen LogP contribution in [0.3, 0.4) is 0 Å². The van der Waals surface area contributed by atoms with Gasteiger partial charge in [-0.25, -0.2) is 18.0 Å². The lowest BCUT2D eigenvalue weighted by Gasteiger charge is -2.10. The number of aromatic nitrogens is 3. The molecule has 0 aliphatic heterocycles. The standard InChI is InChI=1S/C21H17F3N4O3/c1-2-31-21(30)16(20(29)15-9-18(23)19(24)10-17(15)22)11-25-14-5-3-4-13(8-14)12-28-26-6-7-27-28/h3-11,25H,2,12H2,1H3. The van der Waals surface area contributed by atoms with Crippen molar-refractivity contribution in [1.29, 1.82) is 0 Å². The van der Waals surface area contributed by atoms with E-state index in [0.29, 0.717) is 18.3 Å². The summed E-state index contributed by atoms with van der Waals surface area (Å²) < 4.78 is 45.6. The van der Waals surface area contributed by atoms with E-state index < -0.39 is 40.3 Å². The molecule has 10 heteroatoms. The van der Waals surface area contributed by atoms with Crippen LogP contribution in [0.4, 0.5) is 18.9 Å². The van der Waals surface area contributed by atoms with Gasteiger partial charge in [0.1, 0.15) is 11.4 Å². The first-order chi connectivity index (χ1) is 14.9. The largest absolute Gasteiger partial charge is 0.462 e. The zero-order valence-electron chi connectivity index (χ0n) is 16.3. The first kappa shape index (κ1) is 21.8. The number of nitrogens with one attached hydrogen (secondary N) is 1. The molecule has 0 saturated heterocycles. The summed E-state index contributed by atoms with van der Waals surface area (Å²) in [5.41, 5.74) is -0.0420. The minimum absolute atomic E-state index is 0.0456. The van der Waals surface area contributed by atoms with Gasteiger partial charge in [0.05, 0.1) is 31.1 Å². The number of ketones is 1. The molecule has 0 spiro atoms. The van der Waals surface area contributed by atoms with E-state index in [1.165, 1.54) is 11.7 Å². The molecule has 0 aliphatic carbocycles. The minimum Gasteiger partial charge on any atom is -0.462 e. The Bertz CT molecular complexity index is 1130. The zero-order valence-corrected chi connectivity index (χ0v) is 16.3. The maximum atomic E-state index is 14.0. The van der Waals surface area contributed by atoms with Gasteiger partial charge in [-0.3, -0.25) is 4.79 Å². The maximum Gasteiger partial charge on any atom is 0.343 e. The van der Waals surface area contributed by atoms with Crippen molar-refractivity contribution in [3.05, 3.63) is 89.1 Å². The third-order valence-electron chi connectivity index (χ3n) is 4.10. The molecule has 3 rings (SSSR count). The maximum absolute atomic E-state index is 14.0. The van der Waals surface area contributed by atoms with Gasteiger partial charge in [-0.15, -0.1) is 0 Å². The highest BCUT2D eigenvalue weighted by Crippen LogP contribution is 2.19. The molecular weight excluding hydrogens is 413 g/mol. The van der Waals surface area contributed by atoms with E-state index in [1.807, 2.05) is 6.07 Å². The second-order valence-corrected chi connectivity index (χ2v) is 6.26. The third-order valence-corrected chi connectivity index (χ3v) is 4.10. The Labute approximate surface area is 175 Å². The van der Waals surface area contributed by atoms with E-state index in [2.05, 4.69) is 15.5 Å². The normalized spacial score (nSPS) is 11.3. The Morgan fingerprint density at radius 1 is 1.06 bits per heavy atom. The van der Waals surface area contributed by atoms with Crippen LogP contribution in [-0.2, 0) is 16.1 Å². The van der Waals surface area contributed by atoms with Gasteiger partial charge in [0.2, 0.25) is 5.78 Å². The molecule has 0 saturated carbocycles. The Balaban J connectivity index is 1.88. The lowest BCUT2D eigenvalue weighted by molar-refractivity contribution is -0.138. The number of Topliss-reactive ketones (excluding diaryl/α,β-unsaturated/α-hetero) is 1. The van der Waals surface area contributed by atoms with E-state index in [0.717, 1.165) is 11.8 Å². The van der Waals surface area contributed by atoms with Gasteiger partial charge in [-0.2, -0.15) is 15.0 Å². The monoisotopic (exact) mass is 430 g/mol. The van der Waals surface area contributed by atoms with Crippen molar-refractivity contribution in [2.45, 2.75) is 13.5 Å². The van der Waals surface area contributed by atoms with Crippen LogP contribution in [0.1, 0.15) is 22.8 Å². The van der Waals surface area contributed by atoms with Crippen LogP contribution in [0.15, 0.2) is 60.6 Å². The SMILES string of the molecule is CCOC(=O)C(=CNc1cccc(Cn2nccn2)c1)C(=O)c1cc(F)c(F)cc1F. The first-order valence-corrected chi connectivity index (χ1v) is 9.15. The van der Waals surface area contributed by atoms with Gasteiger partial charge >= 0.3 is 5.97 Å². The molecule has 0 bridgehead atoms. The van der Waals surface area contributed by atoms with Crippen molar-refractivity contribution in [3.8, 4) is 0 Å². The fourth-order valence-electron chi connectivity index (χ4n) is 2.67. The topological polar surface area (TPSA) is 86.1 Å². The van der Waals surface area contributed by atoms with Crippen molar-refractivity contribution < 1.29 is 27.5 Å². The highest BCUT2D eigenvalue weighted by atomic mass is 19.2. The Kier molecular flexibility index (Phi) is 6.81. The molecule has 0 radical (unpaired) electrons. The van der Waals surface area contributed by atoms with Crippen LogP contribution in [0.25, 0.3) is 0 Å². The van der Waals surface area contributed by atoms with Crippen molar-refractivity contribution in [3.63, 3.8) is 0 Å². The second kappa shape index (κ2) is 9.70. The number of hydrogen-bond donors (Lipinski definition) is 1. The molecule has 1 heterocycles. The van der Waals surface area contributed by atoms with Crippen LogP contribution >= 0.6 is 0 Å². The van der Waals surface area contributed by atoms with E-state index in [-0.39, 0.29) is 12.7 Å². The fourth-order valence-corrected chi connectivity index (χ4v) is 2.67. The molecule has 1 N–H and O–H groups in total. The summed E-state index contributed by atoms with van der Waals surface area (Å²) in [5, 5.41) is 10.8. The summed E-state index contributed by atoms with van der Waals surface area (Å²) in [6.07, 6.45) is 4.12. The smallest absolute Gasteiger partial charge is 0.343 e. The highest BCUT2D eigenvalue weighted by Gasteiger charge is 2.25. The van der Waals surface area contributed by atoms with Crippen molar-refractivity contribution in [2.75, 3.05) is 11.9 Å². The van der Waals surface area contributed by atoms with E-state index in [1.54, 1.807) is 30.6 Å². The van der Waals surface area contributed by atoms with Crippen LogP contribution in [0.5, 0.6) is 0 Å². The quantitative estimate of drug-likeness (QED) is 0.147. The summed E-state index contributed by atoms with van der Waals surface area (Å²) >= 11 is 0. The molecule has 0 atom stereocenters. The number of benzene rings is 2. The lowest BCUT2D eigenvalue weighted by atomic mass is 10.0. The zero-order chi connectivity index (χ0) is 22.4. The molecule has 0 unspecified atom stereocenters. The molecule has 0 amide bonds. The number of halogens is 3. The molecule has 2 aromatic carbocycles. The highest BCUT2D eigenvalue weighted by molar-refractivity contribution is 6.24. The van der Waals surface area contributed by atoms with Gasteiger partial charge in [0, 0.05) is 18.0 Å². The fraction of sp³-hybridized carbons (Fsp3) is 0.143. The van der Waals surface area contributed by atoms with Crippen molar-refractivity contribution >= 4 is 17.4 Å². The summed E-state index contributed by atoms with van der Waals surface area (Å²) in [5.74, 6) is -6.36. The van der Waals surface area contributed by atoms with Crippen molar-refractivity contribution in [1.82, 2.24) is 15.0 Å². The van der Waals surface area contributed by atoms with E-state index >= 15 is 0 Å². The first-order valence-electron chi connectivity index (χ1n) is 9.15. The van der Waals surface area contributed by atoms with Gasteiger partial charge in [-0.05, 0) is 30.7 Å². The number of anilines is 1. The number of carbonyl (C=O) groups excluding carboxylic acids is 2. The Morgan fingerprint density at radius 3 is 2.48 bits per heavy atom. The summed E-state index contributed by atoms with van der Waals surface area (Å²) in [6, 6.07) is 7.60. The Hall–Kier alpha value is -3.95. The summed E-state index contributed by atoms with van der Waals surface area (Å²) in [4.78, 5) is 26.4. The predicted octanol–water partition coefficient (Wildman–Crippen LogP) is 3.49. The summed E-state index contributed by atoms with van der Waals surface area (Å²) in [6.45, 7) is 1.87. The molecule has 31 heavy (non-hydrogen) atoms. The molecule has 1 aromatic heterocycles. The predicted molar refractivity (Wildman–Crippen MR) is 105 cm³/mol. The van der Waals surface area contributed by atoms with Crippen LogP contribution in [0.2, 0.25) is 0 Å². The number of ether oxygens (including phenoxy) is 1. The van der Waals surface area contributed by atoms with Gasteiger partial charge in [-0.1, -0.05) is 12.1 Å². The Morgan fingerprint density at radius 2 is 1.77 bits per heavy atom. The van der Waals surface area contributed by atoms with Gasteiger partial charge in [0.25, 0.3) is 0 Å². The molecule has 0 fully saturated rings. The number of esters is 1. The average molecular weight is 430 g/mol. The average Bonchev–Trinajstić information content (AvgIpc) is 3.24. The number of nitrogens with zero attached hydrogens (tertiary/aromatic N) is 3. The van der Waals surface area contributed by atoms with E-state index in [4.69, 9.17) is 4.74 Å². The molecule has 160 valence electrons. The number of hydrogen-bond acceptors (Lipinski definition) is 6. The van der Waals surface area contributed by atoms with Crippen LogP contribution in [0, 0.1) is 17.5 Å². The second-order valence-electron chi connectivity index (χ2n) is 6.26. The number of rotatable bonds is 8. The molecule has 7 nitrogen and oxygen atoms in total. The molecule has 3 aromatic rings. The van der Waals surface area contributed by atoms with Crippen LogP contribution < -0.4 is 5.32 Å². The van der Waals surface area contributed by atoms with Gasteiger partial charge in [0.15, 0.2) is 11.6 Å². The summed E-state index contributed by atoms with van der Waals surface area (Å²) in [7, 11) is 0. The molecule has 0 aliphatic rings. The molecular formula is C21H17F3N4O3. The number of carbonyl (C=O) groups is 2. The minimum atomic E-state index is -1.45. The lowest BCUT2D eigenvalue weighted by Crippen LogP contribution is -2.19. The van der Waals surface area contributed by atoms with E-state index in [9.17, 15) is 22.8 Å². The van der Waals surface area contributed by atoms with Crippen LogP contribution in [-0.4, -0.2) is 33.4 Å². The van der Waals surface area contributed by atoms with Gasteiger partial charge < -0.3 is 10.1 Å².